The molecule has 0 amide bonds. The van der Waals surface area contributed by atoms with Crippen molar-refractivity contribution in [3.8, 4) is 0 Å². The second-order valence-corrected chi connectivity index (χ2v) is 9.48. The molecule has 3 aliphatic heterocycles. The second-order valence-electron chi connectivity index (χ2n) is 9.48. The smallest absolute Gasteiger partial charge is 0.171 e. The third-order valence-electron chi connectivity index (χ3n) is 8.51. The van der Waals surface area contributed by atoms with Crippen LogP contribution in [-0.2, 0) is 12.0 Å². The third kappa shape index (κ3) is 2.02. The van der Waals surface area contributed by atoms with Gasteiger partial charge in [0.15, 0.2) is 5.71 Å². The normalized spacial score (nSPS) is 32.9. The minimum absolute atomic E-state index is 0.264. The minimum atomic E-state index is 0.264. The molecule has 0 aromatic heterocycles. The van der Waals surface area contributed by atoms with E-state index in [0.717, 1.165) is 6.54 Å². The average molecular weight is 372 g/mol. The first kappa shape index (κ1) is 16.8. The van der Waals surface area contributed by atoms with Gasteiger partial charge in [-0.05, 0) is 42.9 Å². The quantitative estimate of drug-likeness (QED) is 0.676. The van der Waals surface area contributed by atoms with Crippen molar-refractivity contribution in [1.82, 2.24) is 0 Å². The van der Waals surface area contributed by atoms with E-state index in [2.05, 4.69) is 71.0 Å². The Morgan fingerprint density at radius 3 is 2.64 bits per heavy atom. The Morgan fingerprint density at radius 1 is 0.964 bits per heavy atom. The van der Waals surface area contributed by atoms with E-state index in [9.17, 15) is 0 Å². The van der Waals surface area contributed by atoms with Crippen LogP contribution in [0.25, 0.3) is 0 Å². The van der Waals surface area contributed by atoms with Crippen molar-refractivity contribution < 1.29 is 4.58 Å². The summed E-state index contributed by atoms with van der Waals surface area (Å²) in [6, 6.07) is 21.1. The van der Waals surface area contributed by atoms with Gasteiger partial charge in [-0.3, -0.25) is 0 Å². The number of anilines is 1. The highest BCUT2D eigenvalue weighted by Crippen LogP contribution is 2.61. The average Bonchev–Trinajstić information content (AvgIpc) is 3.28. The third-order valence-corrected chi connectivity index (χ3v) is 8.51. The van der Waals surface area contributed by atoms with Crippen LogP contribution in [0.1, 0.15) is 56.6 Å². The van der Waals surface area contributed by atoms with Crippen molar-refractivity contribution in [1.29, 1.82) is 0 Å². The molecule has 0 radical (unpaired) electrons. The molecule has 0 unspecified atom stereocenters. The summed E-state index contributed by atoms with van der Waals surface area (Å²) in [6.07, 6.45) is 8.14. The summed E-state index contributed by atoms with van der Waals surface area (Å²) in [5.74, 6) is 0. The zero-order chi connectivity index (χ0) is 18.8. The topological polar surface area (TPSA) is 6.25 Å². The number of fused-ring (bicyclic) bond motifs is 1. The van der Waals surface area contributed by atoms with Crippen LogP contribution in [-0.4, -0.2) is 29.4 Å². The van der Waals surface area contributed by atoms with E-state index in [1.807, 2.05) is 5.71 Å². The van der Waals surface area contributed by atoms with Gasteiger partial charge in [-0.2, -0.15) is 0 Å². The first-order chi connectivity index (χ1) is 13.8. The van der Waals surface area contributed by atoms with Crippen LogP contribution in [0.5, 0.6) is 0 Å². The number of nitrogens with zero attached hydrogens (tertiary/aromatic N) is 2. The first-order valence-electron chi connectivity index (χ1n) is 11.3. The predicted octanol–water partition coefficient (Wildman–Crippen LogP) is 5.15. The van der Waals surface area contributed by atoms with Gasteiger partial charge in [0.25, 0.3) is 0 Å². The number of hydrogen-bond acceptors (Lipinski definition) is 1. The van der Waals surface area contributed by atoms with Gasteiger partial charge in [-0.15, -0.1) is 0 Å². The number of benzene rings is 2. The highest BCUT2D eigenvalue weighted by atomic mass is 15.2. The Labute approximate surface area is 168 Å². The van der Waals surface area contributed by atoms with Crippen LogP contribution < -0.4 is 4.90 Å². The molecule has 2 aromatic rings. The van der Waals surface area contributed by atoms with Crippen molar-refractivity contribution in [2.24, 2.45) is 5.41 Å². The number of para-hydroxylation sites is 1. The molecule has 3 heterocycles. The molecule has 2 heteroatoms. The lowest BCUT2D eigenvalue weighted by Gasteiger charge is -2.48. The first-order valence-corrected chi connectivity index (χ1v) is 11.3. The molecule has 0 saturated heterocycles. The Balaban J connectivity index is 1.53. The molecule has 1 aliphatic carbocycles. The zero-order valence-electron chi connectivity index (χ0n) is 17.0. The fraction of sp³-hybridized carbons (Fsp3) is 0.500. The fourth-order valence-electron chi connectivity index (χ4n) is 7.44. The summed E-state index contributed by atoms with van der Waals surface area (Å²) in [6.45, 7) is 6.04. The van der Waals surface area contributed by atoms with Crippen LogP contribution >= 0.6 is 0 Å². The SMILES string of the molecule is CC[C@]12CCC[N+]3=C1[C@]1(CC3)c3ccccc3N(Cc3ccccc3)[C@@H]1CC2. The highest BCUT2D eigenvalue weighted by molar-refractivity contribution is 6.02. The summed E-state index contributed by atoms with van der Waals surface area (Å²) >= 11 is 0. The van der Waals surface area contributed by atoms with Crippen LogP contribution in [0, 0.1) is 5.41 Å². The molecule has 3 atom stereocenters. The maximum atomic E-state index is 2.82. The standard InChI is InChI=1S/C26H31N2/c1-2-25-14-8-17-27-18-16-26(24(25)27)21-11-6-7-12-22(21)28(23(26)13-15-25)19-20-9-4-3-5-10-20/h3-7,9-12,23H,2,8,13-19H2,1H3/q+1/t23-,25-,26-/m1/s1. The van der Waals surface area contributed by atoms with Crippen molar-refractivity contribution >= 4 is 11.4 Å². The molecule has 1 fully saturated rings. The van der Waals surface area contributed by atoms with Crippen molar-refractivity contribution in [2.75, 3.05) is 18.0 Å². The predicted molar refractivity (Wildman–Crippen MR) is 115 cm³/mol. The molecule has 1 saturated carbocycles. The minimum Gasteiger partial charge on any atom is -0.362 e. The fourth-order valence-corrected chi connectivity index (χ4v) is 7.44. The summed E-state index contributed by atoms with van der Waals surface area (Å²) < 4.78 is 2.82. The summed E-state index contributed by atoms with van der Waals surface area (Å²) in [5, 5.41) is 0. The second kappa shape index (κ2) is 5.95. The Kier molecular flexibility index (Phi) is 3.58. The summed E-state index contributed by atoms with van der Waals surface area (Å²) in [4.78, 5) is 2.77. The summed E-state index contributed by atoms with van der Waals surface area (Å²) in [7, 11) is 0. The molecule has 0 bridgehead atoms. The molecule has 6 rings (SSSR count). The van der Waals surface area contributed by atoms with Crippen molar-refractivity contribution in [2.45, 2.75) is 63.5 Å². The molecule has 0 N–H and O–H groups in total. The number of rotatable bonds is 3. The van der Waals surface area contributed by atoms with Gasteiger partial charge in [0.05, 0.1) is 5.41 Å². The lowest BCUT2D eigenvalue weighted by molar-refractivity contribution is -0.529. The molecule has 28 heavy (non-hydrogen) atoms. The lowest BCUT2D eigenvalue weighted by Crippen LogP contribution is -2.59. The van der Waals surface area contributed by atoms with Gasteiger partial charge in [-0.1, -0.05) is 55.5 Å². The Hall–Kier alpha value is -2.09. The molecule has 4 aliphatic rings. The molecule has 2 aromatic carbocycles. The molecule has 144 valence electrons. The summed E-state index contributed by atoms with van der Waals surface area (Å²) in [5.41, 5.74) is 7.13. The van der Waals surface area contributed by atoms with E-state index in [4.69, 9.17) is 0 Å². The highest BCUT2D eigenvalue weighted by Gasteiger charge is 2.68. The number of hydrogen-bond donors (Lipinski definition) is 0. The van der Waals surface area contributed by atoms with Crippen molar-refractivity contribution in [3.05, 3.63) is 65.7 Å². The van der Waals surface area contributed by atoms with Gasteiger partial charge in [0.2, 0.25) is 0 Å². The van der Waals surface area contributed by atoms with Crippen LogP contribution in [0.3, 0.4) is 0 Å². The lowest BCUT2D eigenvalue weighted by atomic mass is 9.54. The maximum absolute atomic E-state index is 2.82. The van der Waals surface area contributed by atoms with Crippen LogP contribution in [0.4, 0.5) is 5.69 Å². The van der Waals surface area contributed by atoms with E-state index < -0.39 is 0 Å². The van der Waals surface area contributed by atoms with E-state index in [-0.39, 0.29) is 5.41 Å². The van der Waals surface area contributed by atoms with E-state index in [1.165, 1.54) is 62.9 Å². The van der Waals surface area contributed by atoms with E-state index >= 15 is 0 Å². The molecule has 2 nitrogen and oxygen atoms in total. The van der Waals surface area contributed by atoms with Gasteiger partial charge in [0, 0.05) is 31.1 Å². The van der Waals surface area contributed by atoms with E-state index in [0.29, 0.717) is 11.5 Å². The Morgan fingerprint density at radius 2 is 1.79 bits per heavy atom. The van der Waals surface area contributed by atoms with Crippen molar-refractivity contribution in [3.63, 3.8) is 0 Å². The van der Waals surface area contributed by atoms with E-state index in [1.54, 1.807) is 5.56 Å². The maximum Gasteiger partial charge on any atom is 0.171 e. The molecular formula is C26H31N2+. The monoisotopic (exact) mass is 371 g/mol. The van der Waals surface area contributed by atoms with Gasteiger partial charge < -0.3 is 4.90 Å². The van der Waals surface area contributed by atoms with Crippen LogP contribution in [0.2, 0.25) is 0 Å². The molecular weight excluding hydrogens is 340 g/mol. The Bertz CT molecular complexity index is 946. The van der Waals surface area contributed by atoms with Gasteiger partial charge in [0.1, 0.15) is 18.5 Å². The van der Waals surface area contributed by atoms with Crippen LogP contribution in [0.15, 0.2) is 54.6 Å². The zero-order valence-corrected chi connectivity index (χ0v) is 17.0. The largest absolute Gasteiger partial charge is 0.362 e. The van der Waals surface area contributed by atoms with Gasteiger partial charge in [-0.25, -0.2) is 4.58 Å². The molecule has 1 spiro atoms. The van der Waals surface area contributed by atoms with Gasteiger partial charge >= 0.3 is 0 Å².